The van der Waals surface area contributed by atoms with Crippen LogP contribution in [0.1, 0.15) is 23.7 Å². The lowest BCUT2D eigenvalue weighted by atomic mass is 10.1. The van der Waals surface area contributed by atoms with Gasteiger partial charge in [0.2, 0.25) is 10.0 Å². The molecule has 1 amide bonds. The lowest BCUT2D eigenvalue weighted by Gasteiger charge is -2.35. The molecule has 0 spiro atoms. The second kappa shape index (κ2) is 9.26. The van der Waals surface area contributed by atoms with E-state index in [1.165, 1.54) is 24.3 Å². The van der Waals surface area contributed by atoms with Gasteiger partial charge in [0.1, 0.15) is 22.6 Å². The van der Waals surface area contributed by atoms with Crippen LogP contribution in [-0.2, 0) is 10.0 Å². The normalized spacial score (nSPS) is 18.9. The van der Waals surface area contributed by atoms with Crippen molar-refractivity contribution in [2.45, 2.75) is 30.3 Å². The van der Waals surface area contributed by atoms with Gasteiger partial charge in [-0.15, -0.1) is 0 Å². The molecule has 0 aliphatic carbocycles. The van der Waals surface area contributed by atoms with E-state index in [0.717, 1.165) is 12.1 Å². The van der Waals surface area contributed by atoms with Crippen LogP contribution in [-0.4, -0.2) is 55.5 Å². The van der Waals surface area contributed by atoms with Gasteiger partial charge >= 0.3 is 0 Å². The number of aliphatic hydroxyl groups is 1. The van der Waals surface area contributed by atoms with Crippen LogP contribution in [0.5, 0.6) is 5.75 Å². The smallest absolute Gasteiger partial charge is 0.286 e. The number of nitrogens with one attached hydrogen (secondary N) is 1. The molecule has 0 saturated carbocycles. The summed E-state index contributed by atoms with van der Waals surface area (Å²) in [6.07, 6.45) is -2.39. The summed E-state index contributed by atoms with van der Waals surface area (Å²) in [6, 6.07) is 7.08. The van der Waals surface area contributed by atoms with Gasteiger partial charge < -0.3 is 15.2 Å². The molecular formula is C20H20ClF3N2O5S. The molecule has 1 aliphatic heterocycles. The second-order valence-corrected chi connectivity index (χ2v) is 9.40. The van der Waals surface area contributed by atoms with E-state index in [1.807, 2.05) is 0 Å². The molecule has 2 N–H and O–H groups in total. The zero-order chi connectivity index (χ0) is 23.7. The average Bonchev–Trinajstić information content (AvgIpc) is 2.73. The van der Waals surface area contributed by atoms with E-state index in [4.69, 9.17) is 16.3 Å². The van der Waals surface area contributed by atoms with E-state index in [1.54, 1.807) is 6.92 Å². The van der Waals surface area contributed by atoms with Gasteiger partial charge in [-0.25, -0.2) is 21.6 Å². The van der Waals surface area contributed by atoms with Gasteiger partial charge in [-0.2, -0.15) is 4.31 Å². The average molecular weight is 493 g/mol. The number of benzene rings is 2. The zero-order valence-electron chi connectivity index (χ0n) is 16.8. The summed E-state index contributed by atoms with van der Waals surface area (Å²) >= 11 is 5.70. The topological polar surface area (TPSA) is 95.9 Å². The lowest BCUT2D eigenvalue weighted by Crippen LogP contribution is -2.53. The Kier molecular flexibility index (Phi) is 7.03. The van der Waals surface area contributed by atoms with E-state index in [2.05, 4.69) is 5.32 Å². The number of hydrogen-bond acceptors (Lipinski definition) is 5. The fourth-order valence-electron chi connectivity index (χ4n) is 3.14. The number of hydrogen-bond donors (Lipinski definition) is 2. The number of ether oxygens (including phenoxy) is 1. The van der Waals surface area contributed by atoms with Crippen molar-refractivity contribution in [1.29, 1.82) is 0 Å². The molecule has 174 valence electrons. The van der Waals surface area contributed by atoms with Crippen LogP contribution in [0.25, 0.3) is 0 Å². The number of nitrogens with zero attached hydrogens (tertiary/aromatic N) is 1. The molecule has 2 aromatic carbocycles. The maximum Gasteiger partial charge on any atom is 0.286 e. The number of sulfonamides is 1. The molecule has 1 heterocycles. The Labute approximate surface area is 187 Å². The Morgan fingerprint density at radius 3 is 2.66 bits per heavy atom. The Balaban J connectivity index is 1.95. The number of aliphatic hydroxyl groups excluding tert-OH is 1. The molecule has 12 heteroatoms. The monoisotopic (exact) mass is 492 g/mol. The summed E-state index contributed by atoms with van der Waals surface area (Å²) in [6.45, 7) is 0.180. The number of anilines is 1. The Morgan fingerprint density at radius 1 is 1.31 bits per heavy atom. The molecule has 1 atom stereocenters. The van der Waals surface area contributed by atoms with Crippen LogP contribution < -0.4 is 10.1 Å². The molecule has 2 aromatic rings. The summed E-state index contributed by atoms with van der Waals surface area (Å²) in [7, 11) is -4.48. The summed E-state index contributed by atoms with van der Waals surface area (Å²) in [5.41, 5.74) is 0.0700. The van der Waals surface area contributed by atoms with Crippen LogP contribution in [0, 0.1) is 5.82 Å². The Bertz CT molecular complexity index is 1130. The van der Waals surface area contributed by atoms with Gasteiger partial charge in [0, 0.05) is 17.8 Å². The first-order chi connectivity index (χ1) is 15.0. The minimum Gasteiger partial charge on any atom is -0.492 e. The number of alkyl halides is 2. The highest BCUT2D eigenvalue weighted by Gasteiger charge is 2.47. The third-order valence-corrected chi connectivity index (χ3v) is 6.98. The van der Waals surface area contributed by atoms with Crippen molar-refractivity contribution in [3.05, 3.63) is 52.8 Å². The highest BCUT2D eigenvalue weighted by Crippen LogP contribution is 2.34. The molecule has 1 fully saturated rings. The summed E-state index contributed by atoms with van der Waals surface area (Å²) in [5.74, 6) is -5.13. The minimum absolute atomic E-state index is 0.0943. The van der Waals surface area contributed by atoms with E-state index >= 15 is 0 Å². The van der Waals surface area contributed by atoms with Crippen molar-refractivity contribution in [3.8, 4) is 5.75 Å². The lowest BCUT2D eigenvalue weighted by molar-refractivity contribution is -0.136. The van der Waals surface area contributed by atoms with Crippen LogP contribution in [0.15, 0.2) is 41.3 Å². The van der Waals surface area contributed by atoms with Gasteiger partial charge in [-0.05, 0) is 49.7 Å². The van der Waals surface area contributed by atoms with Crippen molar-refractivity contribution in [1.82, 2.24) is 4.31 Å². The predicted molar refractivity (Wildman–Crippen MR) is 111 cm³/mol. The van der Waals surface area contributed by atoms with Crippen LogP contribution in [0.3, 0.4) is 0 Å². The minimum atomic E-state index is -4.48. The van der Waals surface area contributed by atoms with Gasteiger partial charge in [-0.1, -0.05) is 11.6 Å². The van der Waals surface area contributed by atoms with Crippen LogP contribution in [0.2, 0.25) is 5.02 Å². The molecule has 3 rings (SSSR count). The highest BCUT2D eigenvalue weighted by atomic mass is 35.5. The van der Waals surface area contributed by atoms with Crippen molar-refractivity contribution < 1.29 is 36.2 Å². The molecule has 7 nitrogen and oxygen atoms in total. The number of halogens is 4. The maximum absolute atomic E-state index is 14.0. The third-order valence-electron chi connectivity index (χ3n) is 4.83. The van der Waals surface area contributed by atoms with Gasteiger partial charge in [0.15, 0.2) is 0 Å². The fourth-order valence-corrected chi connectivity index (χ4v) is 4.95. The van der Waals surface area contributed by atoms with Crippen LogP contribution >= 0.6 is 11.6 Å². The Morgan fingerprint density at radius 2 is 2.03 bits per heavy atom. The first-order valence-corrected chi connectivity index (χ1v) is 11.4. The SMILES string of the molecule is CCOc1ccc(C(=O)Nc2ccc(F)c(Cl)c2)cc1S(=O)(=O)N1CCC(O)C(F)(F)C1. The summed E-state index contributed by atoms with van der Waals surface area (Å²) in [4.78, 5) is 12.2. The number of amides is 1. The first kappa shape index (κ1) is 24.3. The largest absolute Gasteiger partial charge is 0.492 e. The molecule has 1 saturated heterocycles. The Hall–Kier alpha value is -2.34. The van der Waals surface area contributed by atoms with Crippen LogP contribution in [0.4, 0.5) is 18.9 Å². The summed E-state index contributed by atoms with van der Waals surface area (Å²) in [5, 5.41) is 11.7. The van der Waals surface area contributed by atoms with E-state index in [0.29, 0.717) is 4.31 Å². The highest BCUT2D eigenvalue weighted by molar-refractivity contribution is 7.89. The molecule has 0 bridgehead atoms. The third kappa shape index (κ3) is 5.01. The van der Waals surface area contributed by atoms with E-state index < -0.39 is 51.6 Å². The first-order valence-electron chi connectivity index (χ1n) is 9.55. The maximum atomic E-state index is 14.0. The standard InChI is InChI=1S/C20H20ClF3N2O5S/c1-2-31-16-6-3-12(19(28)25-13-4-5-15(22)14(21)10-13)9-17(16)32(29,30)26-8-7-18(27)20(23,24)11-26/h3-6,9-10,18,27H,2,7-8,11H2,1H3,(H,25,28). The molecule has 32 heavy (non-hydrogen) atoms. The number of carbonyl (C=O) groups is 1. The molecule has 0 radical (unpaired) electrons. The number of piperidine rings is 1. The van der Waals surface area contributed by atoms with E-state index in [9.17, 15) is 31.5 Å². The quantitative estimate of drug-likeness (QED) is 0.643. The molecule has 1 aliphatic rings. The predicted octanol–water partition coefficient (Wildman–Crippen LogP) is 3.52. The van der Waals surface area contributed by atoms with Gasteiger partial charge in [0.25, 0.3) is 11.8 Å². The zero-order valence-corrected chi connectivity index (χ0v) is 18.4. The van der Waals surface area contributed by atoms with Crippen molar-refractivity contribution in [2.24, 2.45) is 0 Å². The van der Waals surface area contributed by atoms with Crippen molar-refractivity contribution in [2.75, 3.05) is 25.0 Å². The molecule has 1 unspecified atom stereocenters. The summed E-state index contributed by atoms with van der Waals surface area (Å²) < 4.78 is 73.4. The van der Waals surface area contributed by atoms with Crippen molar-refractivity contribution in [3.63, 3.8) is 0 Å². The number of rotatable bonds is 6. The fraction of sp³-hybridized carbons (Fsp3) is 0.350. The van der Waals surface area contributed by atoms with Crippen molar-refractivity contribution >= 4 is 33.2 Å². The molecular weight excluding hydrogens is 473 g/mol. The molecule has 0 aromatic heterocycles. The number of carbonyl (C=O) groups excluding carboxylic acids is 1. The van der Waals surface area contributed by atoms with Gasteiger partial charge in [0.05, 0.1) is 18.2 Å². The second-order valence-electron chi connectivity index (χ2n) is 7.08. The van der Waals surface area contributed by atoms with E-state index in [-0.39, 0.29) is 35.2 Å². The van der Waals surface area contributed by atoms with Gasteiger partial charge in [-0.3, -0.25) is 4.79 Å².